The highest BCUT2D eigenvalue weighted by Crippen LogP contribution is 2.14. The predicted molar refractivity (Wildman–Crippen MR) is 49.3 cm³/mol. The van der Waals surface area contributed by atoms with Gasteiger partial charge in [0.25, 0.3) is 0 Å². The summed E-state index contributed by atoms with van der Waals surface area (Å²) < 4.78 is 35.2. The lowest BCUT2D eigenvalue weighted by Crippen LogP contribution is -2.37. The average Bonchev–Trinajstić information content (AvgIpc) is 2.49. The van der Waals surface area contributed by atoms with E-state index < -0.39 is 12.1 Å². The minimum absolute atomic E-state index is 0.110. The number of aromatic nitrogens is 1. The zero-order chi connectivity index (χ0) is 11.5. The molecule has 4 nitrogen and oxygen atoms in total. The molecule has 0 aliphatic carbocycles. The van der Waals surface area contributed by atoms with Gasteiger partial charge in [0.15, 0.2) is 5.13 Å². The van der Waals surface area contributed by atoms with Crippen molar-refractivity contribution in [2.75, 3.05) is 12.3 Å². The smallest absolute Gasteiger partial charge is 0.375 e. The number of nitrogens with zero attached hydrogens (tertiary/aromatic N) is 1. The summed E-state index contributed by atoms with van der Waals surface area (Å²) in [6.07, 6.45) is -4.60. The molecule has 0 atom stereocenters. The molecular formula is C7H8F3N3OS. The number of nitrogens with one attached hydrogen (secondary N) is 1. The Labute approximate surface area is 87.3 Å². The van der Waals surface area contributed by atoms with Crippen molar-refractivity contribution in [1.29, 1.82) is 0 Å². The van der Waals surface area contributed by atoms with Crippen molar-refractivity contribution in [3.8, 4) is 0 Å². The molecule has 3 N–H and O–H groups in total. The topological polar surface area (TPSA) is 68.0 Å². The third-order valence-corrected chi connectivity index (χ3v) is 2.22. The largest absolute Gasteiger partial charge is 0.471 e. The summed E-state index contributed by atoms with van der Waals surface area (Å²) in [6.45, 7) is -0.110. The molecule has 0 aliphatic rings. The first kappa shape index (κ1) is 11.8. The van der Waals surface area contributed by atoms with Gasteiger partial charge >= 0.3 is 12.1 Å². The third-order valence-electron chi connectivity index (χ3n) is 1.49. The summed E-state index contributed by atoms with van der Waals surface area (Å²) in [5.41, 5.74) is 5.89. The number of carbonyl (C=O) groups is 1. The highest BCUT2D eigenvalue weighted by atomic mass is 32.1. The number of nitrogen functional groups attached to an aromatic ring is 1. The number of rotatable bonds is 3. The Hall–Kier alpha value is -1.31. The van der Waals surface area contributed by atoms with Gasteiger partial charge in [0.2, 0.25) is 0 Å². The Morgan fingerprint density at radius 2 is 2.27 bits per heavy atom. The molecule has 1 amide bonds. The molecule has 8 heteroatoms. The third kappa shape index (κ3) is 3.74. The van der Waals surface area contributed by atoms with Crippen molar-refractivity contribution in [3.05, 3.63) is 11.1 Å². The van der Waals surface area contributed by atoms with Crippen LogP contribution in [0.1, 0.15) is 5.69 Å². The number of anilines is 1. The van der Waals surface area contributed by atoms with Gasteiger partial charge in [-0.1, -0.05) is 0 Å². The Kier molecular flexibility index (Phi) is 3.51. The van der Waals surface area contributed by atoms with Crippen molar-refractivity contribution in [3.63, 3.8) is 0 Å². The number of hydrogen-bond acceptors (Lipinski definition) is 4. The highest BCUT2D eigenvalue weighted by Gasteiger charge is 2.38. The maximum absolute atomic E-state index is 11.7. The SMILES string of the molecule is Nc1nc(CCNC(=O)C(F)(F)F)cs1. The Morgan fingerprint density at radius 1 is 1.60 bits per heavy atom. The molecule has 15 heavy (non-hydrogen) atoms. The summed E-state index contributed by atoms with van der Waals surface area (Å²) in [6, 6.07) is 0. The lowest BCUT2D eigenvalue weighted by molar-refractivity contribution is -0.173. The lowest BCUT2D eigenvalue weighted by Gasteiger charge is -2.06. The van der Waals surface area contributed by atoms with E-state index in [0.717, 1.165) is 0 Å². The van der Waals surface area contributed by atoms with Gasteiger partial charge in [-0.25, -0.2) is 4.98 Å². The van der Waals surface area contributed by atoms with E-state index in [1.807, 2.05) is 0 Å². The van der Waals surface area contributed by atoms with Crippen molar-refractivity contribution in [2.24, 2.45) is 0 Å². The second-order valence-corrected chi connectivity index (χ2v) is 3.57. The molecule has 0 aromatic carbocycles. The van der Waals surface area contributed by atoms with Gasteiger partial charge in [-0.15, -0.1) is 11.3 Å². The zero-order valence-electron chi connectivity index (χ0n) is 7.47. The maximum Gasteiger partial charge on any atom is 0.471 e. The second kappa shape index (κ2) is 4.47. The molecule has 0 saturated heterocycles. The summed E-state index contributed by atoms with van der Waals surface area (Å²) in [7, 11) is 0. The number of alkyl halides is 3. The van der Waals surface area contributed by atoms with Crippen molar-refractivity contribution >= 4 is 22.4 Å². The fraction of sp³-hybridized carbons (Fsp3) is 0.429. The number of thiazole rings is 1. The summed E-state index contributed by atoms with van der Waals surface area (Å²) in [4.78, 5) is 14.2. The van der Waals surface area contributed by atoms with Crippen LogP contribution in [0.15, 0.2) is 5.38 Å². The minimum Gasteiger partial charge on any atom is -0.375 e. The van der Waals surface area contributed by atoms with E-state index in [0.29, 0.717) is 10.8 Å². The zero-order valence-corrected chi connectivity index (χ0v) is 8.28. The van der Waals surface area contributed by atoms with E-state index in [4.69, 9.17) is 5.73 Å². The van der Waals surface area contributed by atoms with Gasteiger partial charge in [0, 0.05) is 18.3 Å². The van der Waals surface area contributed by atoms with Crippen LogP contribution in [0.3, 0.4) is 0 Å². The average molecular weight is 239 g/mol. The molecular weight excluding hydrogens is 231 g/mol. The van der Waals surface area contributed by atoms with Crippen LogP contribution in [0.2, 0.25) is 0 Å². The number of carbonyl (C=O) groups excluding carboxylic acids is 1. The molecule has 0 spiro atoms. The molecule has 1 aromatic rings. The summed E-state index contributed by atoms with van der Waals surface area (Å²) in [5.74, 6) is -1.94. The monoisotopic (exact) mass is 239 g/mol. The van der Waals surface area contributed by atoms with Gasteiger partial charge in [-0.05, 0) is 0 Å². The molecule has 1 rings (SSSR count). The van der Waals surface area contributed by atoms with Crippen molar-refractivity contribution in [2.45, 2.75) is 12.6 Å². The van der Waals surface area contributed by atoms with Crippen LogP contribution >= 0.6 is 11.3 Å². The van der Waals surface area contributed by atoms with Crippen LogP contribution in [-0.2, 0) is 11.2 Å². The number of hydrogen-bond donors (Lipinski definition) is 2. The molecule has 0 radical (unpaired) electrons. The fourth-order valence-electron chi connectivity index (χ4n) is 0.842. The van der Waals surface area contributed by atoms with Crippen LogP contribution in [0, 0.1) is 0 Å². The van der Waals surface area contributed by atoms with Gasteiger partial charge < -0.3 is 11.1 Å². The number of amides is 1. The molecule has 0 aliphatic heterocycles. The van der Waals surface area contributed by atoms with E-state index in [-0.39, 0.29) is 13.0 Å². The van der Waals surface area contributed by atoms with E-state index >= 15 is 0 Å². The maximum atomic E-state index is 11.7. The number of halogens is 3. The highest BCUT2D eigenvalue weighted by molar-refractivity contribution is 7.13. The van der Waals surface area contributed by atoms with Gasteiger partial charge in [0.1, 0.15) is 0 Å². The van der Waals surface area contributed by atoms with E-state index in [9.17, 15) is 18.0 Å². The Bertz CT molecular complexity index is 349. The second-order valence-electron chi connectivity index (χ2n) is 2.68. The quantitative estimate of drug-likeness (QED) is 0.825. The van der Waals surface area contributed by atoms with Gasteiger partial charge in [-0.2, -0.15) is 13.2 Å². The molecule has 0 bridgehead atoms. The van der Waals surface area contributed by atoms with E-state index in [1.165, 1.54) is 11.3 Å². The Balaban J connectivity index is 2.31. The molecule has 1 aromatic heterocycles. The molecule has 0 saturated carbocycles. The van der Waals surface area contributed by atoms with E-state index in [1.54, 1.807) is 10.7 Å². The fourth-order valence-corrected chi connectivity index (χ4v) is 1.44. The number of nitrogens with two attached hydrogens (primary N) is 1. The predicted octanol–water partition coefficient (Wildman–Crippen LogP) is 0.946. The van der Waals surface area contributed by atoms with E-state index in [2.05, 4.69) is 4.98 Å². The van der Waals surface area contributed by atoms with Crippen LogP contribution in [0.4, 0.5) is 18.3 Å². The first-order valence-corrected chi connectivity index (χ1v) is 4.82. The molecule has 0 fully saturated rings. The van der Waals surface area contributed by atoms with Crippen molar-refractivity contribution < 1.29 is 18.0 Å². The van der Waals surface area contributed by atoms with Crippen LogP contribution < -0.4 is 11.1 Å². The Morgan fingerprint density at radius 3 is 2.73 bits per heavy atom. The standard InChI is InChI=1S/C7H8F3N3OS/c8-7(9,10)5(14)12-2-1-4-3-15-6(11)13-4/h3H,1-2H2,(H2,11,13)(H,12,14). The van der Waals surface area contributed by atoms with Crippen LogP contribution in [0.5, 0.6) is 0 Å². The minimum atomic E-state index is -4.83. The summed E-state index contributed by atoms with van der Waals surface area (Å²) >= 11 is 1.20. The van der Waals surface area contributed by atoms with Gasteiger partial charge in [0.05, 0.1) is 5.69 Å². The lowest BCUT2D eigenvalue weighted by atomic mass is 10.3. The molecule has 84 valence electrons. The summed E-state index contributed by atoms with van der Waals surface area (Å²) in [5, 5.41) is 3.73. The van der Waals surface area contributed by atoms with Crippen LogP contribution in [0.25, 0.3) is 0 Å². The molecule has 0 unspecified atom stereocenters. The molecule has 1 heterocycles. The van der Waals surface area contributed by atoms with Crippen LogP contribution in [-0.4, -0.2) is 23.6 Å². The first-order valence-electron chi connectivity index (χ1n) is 3.94. The first-order chi connectivity index (χ1) is 6.89. The van der Waals surface area contributed by atoms with Crippen molar-refractivity contribution in [1.82, 2.24) is 10.3 Å². The van der Waals surface area contributed by atoms with Gasteiger partial charge in [-0.3, -0.25) is 4.79 Å². The normalized spacial score (nSPS) is 11.4.